The van der Waals surface area contributed by atoms with Gasteiger partial charge in [-0.05, 0) is 28.1 Å². The first kappa shape index (κ1) is 9.98. The molecule has 2 heterocycles. The number of likely N-dealkylation sites (N-methyl/N-ethyl adjacent to an activating group) is 2. The van der Waals surface area contributed by atoms with Crippen molar-refractivity contribution in [1.29, 1.82) is 0 Å². The molecule has 0 bridgehead atoms. The van der Waals surface area contributed by atoms with E-state index in [9.17, 15) is 4.79 Å². The average molecular weight is 275 g/mol. The van der Waals surface area contributed by atoms with Gasteiger partial charge in [-0.3, -0.25) is 0 Å². The Hall–Kier alpha value is -0.550. The number of carbonyl (C=O) groups is 1. The van der Waals surface area contributed by atoms with Crippen LogP contribution in [0.5, 0.6) is 0 Å². The molecule has 76 valence electrons. The number of hydrogen-bond acceptors (Lipinski definition) is 2. The number of rotatable bonds is 1. The number of nitrogens with zero attached hydrogens (tertiary/aromatic N) is 2. The number of halogens is 1. The predicted molar refractivity (Wildman–Crippen MR) is 60.5 cm³/mol. The lowest BCUT2D eigenvalue weighted by molar-refractivity contribution is 0.201. The predicted octanol–water partition coefficient (Wildman–Crippen LogP) is 2.55. The van der Waals surface area contributed by atoms with E-state index < -0.39 is 0 Å². The van der Waals surface area contributed by atoms with E-state index in [0.29, 0.717) is 0 Å². The minimum atomic E-state index is 0.0968. The van der Waals surface area contributed by atoms with Gasteiger partial charge in [-0.15, -0.1) is 11.3 Å². The standard InChI is InChI=1S/C9H11BrN2OS/c1-11-5-6(12(2)9(11)13)7-3-4-8(10)14-7/h3-4,6H,5H2,1-2H3. The molecule has 3 nitrogen and oxygen atoms in total. The third kappa shape index (κ3) is 1.54. The zero-order valence-electron chi connectivity index (χ0n) is 8.03. The summed E-state index contributed by atoms with van der Waals surface area (Å²) in [4.78, 5) is 16.3. The highest BCUT2D eigenvalue weighted by Gasteiger charge is 2.33. The number of carbonyl (C=O) groups excluding carboxylic acids is 1. The third-order valence-corrected chi connectivity index (χ3v) is 4.19. The summed E-state index contributed by atoms with van der Waals surface area (Å²) in [5.74, 6) is 0. The van der Waals surface area contributed by atoms with Crippen molar-refractivity contribution >= 4 is 33.3 Å². The van der Waals surface area contributed by atoms with Gasteiger partial charge in [-0.1, -0.05) is 0 Å². The van der Waals surface area contributed by atoms with Crippen LogP contribution >= 0.6 is 27.3 Å². The van der Waals surface area contributed by atoms with Gasteiger partial charge in [-0.2, -0.15) is 0 Å². The summed E-state index contributed by atoms with van der Waals surface area (Å²) in [5, 5.41) is 0. The highest BCUT2D eigenvalue weighted by Crippen LogP contribution is 2.33. The second-order valence-electron chi connectivity index (χ2n) is 3.43. The van der Waals surface area contributed by atoms with Gasteiger partial charge in [0.15, 0.2) is 0 Å². The molecular formula is C9H11BrN2OS. The zero-order chi connectivity index (χ0) is 10.3. The van der Waals surface area contributed by atoms with Crippen molar-refractivity contribution in [3.05, 3.63) is 20.8 Å². The second-order valence-corrected chi connectivity index (χ2v) is 5.93. The number of urea groups is 1. The van der Waals surface area contributed by atoms with Crippen molar-refractivity contribution in [2.24, 2.45) is 0 Å². The van der Waals surface area contributed by atoms with Crippen LogP contribution in [0.25, 0.3) is 0 Å². The number of thiophene rings is 1. The molecule has 1 aliphatic heterocycles. The van der Waals surface area contributed by atoms with Gasteiger partial charge in [0, 0.05) is 25.5 Å². The molecule has 0 radical (unpaired) electrons. The van der Waals surface area contributed by atoms with E-state index in [0.717, 1.165) is 10.3 Å². The monoisotopic (exact) mass is 274 g/mol. The normalized spacial score (nSPS) is 22.2. The lowest BCUT2D eigenvalue weighted by Gasteiger charge is -2.15. The van der Waals surface area contributed by atoms with E-state index in [1.165, 1.54) is 4.88 Å². The van der Waals surface area contributed by atoms with E-state index >= 15 is 0 Å². The number of hydrogen-bond donors (Lipinski definition) is 0. The Morgan fingerprint density at radius 2 is 2.21 bits per heavy atom. The highest BCUT2D eigenvalue weighted by molar-refractivity contribution is 9.11. The van der Waals surface area contributed by atoms with Gasteiger partial charge in [-0.25, -0.2) is 4.79 Å². The van der Waals surface area contributed by atoms with Crippen LogP contribution in [0.1, 0.15) is 10.9 Å². The molecule has 0 aromatic carbocycles. The maximum Gasteiger partial charge on any atom is 0.320 e. The molecule has 1 aromatic rings. The summed E-state index contributed by atoms with van der Waals surface area (Å²) in [6, 6.07) is 4.40. The molecule has 1 unspecified atom stereocenters. The first-order valence-corrected chi connectivity index (χ1v) is 5.93. The molecule has 14 heavy (non-hydrogen) atoms. The second kappa shape index (κ2) is 3.55. The van der Waals surface area contributed by atoms with Gasteiger partial charge in [0.2, 0.25) is 0 Å². The third-order valence-electron chi connectivity index (χ3n) is 2.46. The van der Waals surface area contributed by atoms with Crippen LogP contribution in [-0.4, -0.2) is 36.5 Å². The van der Waals surface area contributed by atoms with E-state index in [1.54, 1.807) is 21.1 Å². The molecule has 0 saturated carbocycles. The molecule has 2 amide bonds. The van der Waals surface area contributed by atoms with Gasteiger partial charge in [0.1, 0.15) is 0 Å². The van der Waals surface area contributed by atoms with Crippen LogP contribution in [0.15, 0.2) is 15.9 Å². The van der Waals surface area contributed by atoms with Crippen molar-refractivity contribution in [2.75, 3.05) is 20.6 Å². The highest BCUT2D eigenvalue weighted by atomic mass is 79.9. The largest absolute Gasteiger partial charge is 0.325 e. The van der Waals surface area contributed by atoms with E-state index in [4.69, 9.17) is 0 Å². The van der Waals surface area contributed by atoms with Crippen molar-refractivity contribution in [2.45, 2.75) is 6.04 Å². The molecule has 1 fully saturated rings. The van der Waals surface area contributed by atoms with Crippen LogP contribution in [0, 0.1) is 0 Å². The lowest BCUT2D eigenvalue weighted by atomic mass is 10.2. The minimum Gasteiger partial charge on any atom is -0.325 e. The van der Waals surface area contributed by atoms with Crippen LogP contribution < -0.4 is 0 Å². The van der Waals surface area contributed by atoms with Crippen LogP contribution in [0.4, 0.5) is 4.79 Å². The van der Waals surface area contributed by atoms with Crippen molar-refractivity contribution in [3.63, 3.8) is 0 Å². The molecular weight excluding hydrogens is 264 g/mol. The summed E-state index contributed by atoms with van der Waals surface area (Å²) in [5.41, 5.74) is 0. The van der Waals surface area contributed by atoms with Gasteiger partial charge in [0.05, 0.1) is 9.83 Å². The van der Waals surface area contributed by atoms with Gasteiger partial charge >= 0.3 is 6.03 Å². The fourth-order valence-electron chi connectivity index (χ4n) is 1.65. The Morgan fingerprint density at radius 3 is 2.64 bits per heavy atom. The summed E-state index contributed by atoms with van der Waals surface area (Å²) in [7, 11) is 3.69. The topological polar surface area (TPSA) is 23.6 Å². The fraction of sp³-hybridized carbons (Fsp3) is 0.444. The van der Waals surface area contributed by atoms with Crippen molar-refractivity contribution in [3.8, 4) is 0 Å². The molecule has 0 N–H and O–H groups in total. The Morgan fingerprint density at radius 1 is 1.50 bits per heavy atom. The van der Waals surface area contributed by atoms with E-state index in [1.807, 2.05) is 20.2 Å². The van der Waals surface area contributed by atoms with Crippen molar-refractivity contribution < 1.29 is 4.79 Å². The SMILES string of the molecule is CN1CC(c2ccc(Br)s2)N(C)C1=O. The minimum absolute atomic E-state index is 0.0968. The summed E-state index contributed by atoms with van der Waals surface area (Å²) in [6.07, 6.45) is 0. The zero-order valence-corrected chi connectivity index (χ0v) is 10.4. The van der Waals surface area contributed by atoms with Crippen LogP contribution in [-0.2, 0) is 0 Å². The molecule has 1 aliphatic rings. The molecule has 0 spiro atoms. The Bertz CT molecular complexity index is 365. The Kier molecular flexibility index (Phi) is 2.53. The molecule has 1 atom stereocenters. The quantitative estimate of drug-likeness (QED) is 0.772. The average Bonchev–Trinajstić information content (AvgIpc) is 2.66. The molecule has 1 aromatic heterocycles. The van der Waals surface area contributed by atoms with E-state index in [-0.39, 0.29) is 12.1 Å². The molecule has 5 heteroatoms. The summed E-state index contributed by atoms with van der Waals surface area (Å²) in [6.45, 7) is 0.780. The fourth-order valence-corrected chi connectivity index (χ4v) is 3.21. The van der Waals surface area contributed by atoms with Gasteiger partial charge in [0.25, 0.3) is 0 Å². The summed E-state index contributed by atoms with van der Waals surface area (Å²) < 4.78 is 1.11. The van der Waals surface area contributed by atoms with Crippen LogP contribution in [0.3, 0.4) is 0 Å². The maximum absolute atomic E-state index is 11.5. The number of amides is 2. The summed E-state index contributed by atoms with van der Waals surface area (Å²) >= 11 is 5.12. The Balaban J connectivity index is 2.25. The molecule has 2 rings (SSSR count). The first-order valence-electron chi connectivity index (χ1n) is 4.33. The van der Waals surface area contributed by atoms with Gasteiger partial charge < -0.3 is 9.80 Å². The smallest absolute Gasteiger partial charge is 0.320 e. The van der Waals surface area contributed by atoms with Crippen molar-refractivity contribution in [1.82, 2.24) is 9.80 Å². The lowest BCUT2D eigenvalue weighted by Crippen LogP contribution is -2.26. The first-order chi connectivity index (χ1) is 6.59. The van der Waals surface area contributed by atoms with E-state index in [2.05, 4.69) is 22.0 Å². The molecule has 1 saturated heterocycles. The van der Waals surface area contributed by atoms with Crippen LogP contribution in [0.2, 0.25) is 0 Å². The Labute approximate surface area is 95.4 Å². The maximum atomic E-state index is 11.5. The molecule has 0 aliphatic carbocycles.